The zero-order valence-corrected chi connectivity index (χ0v) is 34.0. The van der Waals surface area contributed by atoms with Gasteiger partial charge >= 0.3 is 12.2 Å². The minimum Gasteiger partial charge on any atom is -0.444 e. The van der Waals surface area contributed by atoms with Gasteiger partial charge in [0.25, 0.3) is 0 Å². The fraction of sp³-hybridized carbons (Fsp3) is 0.743. The van der Waals surface area contributed by atoms with Crippen LogP contribution in [-0.2, 0) is 28.4 Å². The highest BCUT2D eigenvalue weighted by Gasteiger charge is 2.28. The molecule has 2 aliphatic heterocycles. The van der Waals surface area contributed by atoms with Crippen molar-refractivity contribution >= 4 is 56.8 Å². The zero-order valence-electron chi connectivity index (χ0n) is 30.8. The molecule has 4 heterocycles. The Morgan fingerprint density at radius 2 is 1.18 bits per heavy atom. The van der Waals surface area contributed by atoms with E-state index >= 15 is 0 Å². The number of thioether (sulfide) groups is 2. The first-order valence-corrected chi connectivity index (χ1v) is 19.4. The molecule has 49 heavy (non-hydrogen) atoms. The van der Waals surface area contributed by atoms with Crippen LogP contribution in [0.1, 0.15) is 93.0 Å². The summed E-state index contributed by atoms with van der Waals surface area (Å²) in [4.78, 5) is 39.6. The number of carbonyl (C=O) groups excluding carboxylic acids is 3. The molecule has 0 N–H and O–H groups in total. The summed E-state index contributed by atoms with van der Waals surface area (Å²) >= 11 is 6.59. The Bertz CT molecular complexity index is 1300. The van der Waals surface area contributed by atoms with Crippen LogP contribution >= 0.6 is 39.5 Å². The number of rotatable bonds is 5. The van der Waals surface area contributed by atoms with Crippen molar-refractivity contribution in [1.82, 2.24) is 29.4 Å². The molecule has 2 aliphatic rings. The number of hydrogen-bond acceptors (Lipinski definition) is 9. The number of amides is 2. The third-order valence-corrected chi connectivity index (χ3v) is 10.6. The van der Waals surface area contributed by atoms with Crippen molar-refractivity contribution in [2.24, 2.45) is 25.9 Å². The van der Waals surface area contributed by atoms with Crippen molar-refractivity contribution in [1.29, 1.82) is 0 Å². The molecule has 0 radical (unpaired) electrons. The molecular weight excluding hydrogens is 728 g/mol. The summed E-state index contributed by atoms with van der Waals surface area (Å²) in [6, 6.07) is 0. The molecule has 2 aromatic rings. The Kier molecular flexibility index (Phi) is 18.9. The van der Waals surface area contributed by atoms with Gasteiger partial charge in [-0.05, 0) is 109 Å². The third-order valence-electron chi connectivity index (χ3n) is 7.45. The lowest BCUT2D eigenvalue weighted by Crippen LogP contribution is -2.42. The van der Waals surface area contributed by atoms with Crippen LogP contribution in [0.5, 0.6) is 0 Å². The molecule has 0 aliphatic carbocycles. The number of ether oxygens (including phenoxy) is 2. The summed E-state index contributed by atoms with van der Waals surface area (Å²) in [7, 11) is 3.86. The van der Waals surface area contributed by atoms with Gasteiger partial charge in [0.05, 0.1) is 15.9 Å². The highest BCUT2D eigenvalue weighted by molar-refractivity contribution is 9.10. The van der Waals surface area contributed by atoms with Crippen molar-refractivity contribution in [2.75, 3.05) is 37.7 Å². The van der Waals surface area contributed by atoms with E-state index in [0.29, 0.717) is 11.8 Å². The van der Waals surface area contributed by atoms with E-state index in [4.69, 9.17) is 9.47 Å². The van der Waals surface area contributed by atoms with Gasteiger partial charge in [-0.25, -0.2) is 9.59 Å². The SMILES string of the molecule is C.CC(=O)SCC1CCN(C(=O)OC(C)(C)C)CC1.Cc1nn(C)cc1Br.Cc1nn(C)cc1SCC1CCN(C(=O)OC(C)(C)C)CC1. The Morgan fingerprint density at radius 1 is 0.776 bits per heavy atom. The monoisotopic (exact) mass is 788 g/mol. The lowest BCUT2D eigenvalue weighted by Gasteiger charge is -2.33. The highest BCUT2D eigenvalue weighted by atomic mass is 79.9. The van der Waals surface area contributed by atoms with E-state index in [1.54, 1.807) is 16.5 Å². The molecule has 4 rings (SSSR count). The second-order valence-electron chi connectivity index (χ2n) is 14.4. The van der Waals surface area contributed by atoms with Crippen molar-refractivity contribution < 1.29 is 23.9 Å². The van der Waals surface area contributed by atoms with Gasteiger partial charge in [-0.15, -0.1) is 11.8 Å². The minimum absolute atomic E-state index is 0. The molecule has 0 bridgehead atoms. The van der Waals surface area contributed by atoms with Crippen molar-refractivity contribution in [3.05, 3.63) is 28.3 Å². The van der Waals surface area contributed by atoms with Crippen molar-refractivity contribution in [3.8, 4) is 0 Å². The predicted molar refractivity (Wildman–Crippen MR) is 205 cm³/mol. The van der Waals surface area contributed by atoms with Crippen LogP contribution in [-0.4, -0.2) is 95.5 Å². The molecule has 0 unspecified atom stereocenters. The van der Waals surface area contributed by atoms with E-state index in [-0.39, 0.29) is 24.7 Å². The van der Waals surface area contributed by atoms with E-state index in [1.807, 2.05) is 97.0 Å². The molecule has 0 saturated carbocycles. The maximum atomic E-state index is 12.0. The molecule has 2 saturated heterocycles. The number of aromatic nitrogens is 4. The smallest absolute Gasteiger partial charge is 0.410 e. The molecule has 2 aromatic heterocycles. The molecule has 0 spiro atoms. The molecule has 0 aromatic carbocycles. The molecule has 11 nitrogen and oxygen atoms in total. The van der Waals surface area contributed by atoms with E-state index in [1.165, 1.54) is 16.7 Å². The van der Waals surface area contributed by atoms with Gasteiger partial charge in [0.1, 0.15) is 11.2 Å². The average molecular weight is 790 g/mol. The van der Waals surface area contributed by atoms with E-state index in [9.17, 15) is 14.4 Å². The van der Waals surface area contributed by atoms with Crippen LogP contribution in [0.3, 0.4) is 0 Å². The normalized spacial score (nSPS) is 15.7. The standard InChI is InChI=1S/C16H27N3O2S.C13H23NO3S.C5H7BrN2.CH4/c1-12-14(10-18(5)17-12)22-11-13-6-8-19(9-7-13)15(20)21-16(2,3)4;1-10(15)18-9-11-5-7-14(8-6-11)12(16)17-13(2,3)4;1-4-5(6)3-8(2)7-4;/h10,13H,6-9,11H2,1-5H3;11H,5-9H2,1-4H3;3H,1-2H3;1H4. The van der Waals surface area contributed by atoms with Gasteiger partial charge in [0.2, 0.25) is 0 Å². The van der Waals surface area contributed by atoms with Gasteiger partial charge in [-0.2, -0.15) is 10.2 Å². The quantitative estimate of drug-likeness (QED) is 0.276. The first kappa shape index (κ1) is 44.8. The van der Waals surface area contributed by atoms with Gasteiger partial charge in [0.15, 0.2) is 5.12 Å². The maximum Gasteiger partial charge on any atom is 0.410 e. The summed E-state index contributed by atoms with van der Waals surface area (Å²) in [6.45, 7) is 20.0. The molecule has 2 fully saturated rings. The minimum atomic E-state index is -0.432. The zero-order chi connectivity index (χ0) is 36.2. The third kappa shape index (κ3) is 18.0. The van der Waals surface area contributed by atoms with Gasteiger partial charge in [0, 0.05) is 76.0 Å². The second kappa shape index (κ2) is 20.6. The van der Waals surface area contributed by atoms with Gasteiger partial charge < -0.3 is 19.3 Å². The predicted octanol–water partition coefficient (Wildman–Crippen LogP) is 8.51. The van der Waals surface area contributed by atoms with E-state index in [2.05, 4.69) is 32.3 Å². The maximum absolute atomic E-state index is 12.0. The summed E-state index contributed by atoms with van der Waals surface area (Å²) in [6.07, 6.45) is 7.61. The first-order chi connectivity index (χ1) is 22.2. The van der Waals surface area contributed by atoms with Crippen LogP contribution in [0.4, 0.5) is 9.59 Å². The number of halogens is 1. The van der Waals surface area contributed by atoms with E-state index < -0.39 is 11.2 Å². The summed E-state index contributed by atoms with van der Waals surface area (Å²) in [5.41, 5.74) is 1.28. The molecular formula is C35H61BrN6O5S2. The van der Waals surface area contributed by atoms with E-state index in [0.717, 1.165) is 79.2 Å². The Morgan fingerprint density at radius 3 is 1.49 bits per heavy atom. The highest BCUT2D eigenvalue weighted by Crippen LogP contribution is 2.29. The van der Waals surface area contributed by atoms with Crippen molar-refractivity contribution in [3.63, 3.8) is 0 Å². The summed E-state index contributed by atoms with van der Waals surface area (Å²) < 4.78 is 15.5. The lowest BCUT2D eigenvalue weighted by atomic mass is 9.99. The van der Waals surface area contributed by atoms with Gasteiger partial charge in [-0.1, -0.05) is 19.2 Å². The van der Waals surface area contributed by atoms with Crippen LogP contribution in [0.2, 0.25) is 0 Å². The summed E-state index contributed by atoms with van der Waals surface area (Å²) in [5, 5.41) is 8.62. The average Bonchev–Trinajstić information content (AvgIpc) is 3.46. The molecule has 0 atom stereocenters. The van der Waals surface area contributed by atoms with Crippen LogP contribution in [0.15, 0.2) is 21.8 Å². The number of aryl methyl sites for hydroxylation is 4. The Balaban J connectivity index is 0.000000399. The topological polar surface area (TPSA) is 112 Å². The van der Waals surface area contributed by atoms with Crippen LogP contribution in [0.25, 0.3) is 0 Å². The lowest BCUT2D eigenvalue weighted by molar-refractivity contribution is -0.109. The number of piperidine rings is 2. The fourth-order valence-corrected chi connectivity index (χ4v) is 7.36. The van der Waals surface area contributed by atoms with Crippen LogP contribution < -0.4 is 0 Å². The number of nitrogens with zero attached hydrogens (tertiary/aromatic N) is 6. The van der Waals surface area contributed by atoms with Crippen molar-refractivity contribution in [2.45, 2.75) is 112 Å². The molecule has 280 valence electrons. The number of carbonyl (C=O) groups is 3. The molecule has 14 heteroatoms. The summed E-state index contributed by atoms with van der Waals surface area (Å²) in [5.74, 6) is 3.16. The Hall–Kier alpha value is -2.19. The number of likely N-dealkylation sites (tertiary alicyclic amines) is 2. The second-order valence-corrected chi connectivity index (χ2v) is 17.5. The largest absolute Gasteiger partial charge is 0.444 e. The Labute approximate surface area is 312 Å². The first-order valence-electron chi connectivity index (χ1n) is 16.6. The van der Waals surface area contributed by atoms with Gasteiger partial charge in [-0.3, -0.25) is 14.2 Å². The van der Waals surface area contributed by atoms with Crippen LogP contribution in [0, 0.1) is 25.7 Å². The molecule has 2 amide bonds. The fourth-order valence-electron chi connectivity index (χ4n) is 4.95. The number of hydrogen-bond donors (Lipinski definition) is 0.